The Morgan fingerprint density at radius 2 is 1.88 bits per heavy atom. The van der Waals surface area contributed by atoms with Crippen LogP contribution in [0.4, 0.5) is 0 Å². The summed E-state index contributed by atoms with van der Waals surface area (Å²) in [5, 5.41) is 8.59. The smallest absolute Gasteiger partial charge is 0.231 e. The van der Waals surface area contributed by atoms with Crippen molar-refractivity contribution in [1.82, 2.24) is 10.2 Å². The summed E-state index contributed by atoms with van der Waals surface area (Å²) in [4.78, 5) is 5.73. The number of hydrogen-bond donors (Lipinski definition) is 3. The van der Waals surface area contributed by atoms with Gasteiger partial charge in [0.05, 0.1) is 12.7 Å². The Labute approximate surface area is 152 Å². The summed E-state index contributed by atoms with van der Waals surface area (Å²) in [6, 6.07) is 5.99. The van der Waals surface area contributed by atoms with Crippen LogP contribution >= 0.6 is 0 Å². The molecule has 0 aromatic heterocycles. The van der Waals surface area contributed by atoms with Crippen molar-refractivity contribution >= 4 is 12.7 Å². The molecule has 0 unspecified atom stereocenters. The van der Waals surface area contributed by atoms with Crippen LogP contribution < -0.4 is 20.5 Å². The van der Waals surface area contributed by atoms with E-state index in [0.29, 0.717) is 6.79 Å². The molecule has 0 amide bonds. The van der Waals surface area contributed by atoms with Crippen LogP contribution in [0.1, 0.15) is 19.4 Å². The number of allylic oxidation sites excluding steroid dienone is 2. The fourth-order valence-corrected chi connectivity index (χ4v) is 1.58. The summed E-state index contributed by atoms with van der Waals surface area (Å²) in [6.07, 6.45) is 6.38. The van der Waals surface area contributed by atoms with E-state index in [2.05, 4.69) is 27.0 Å². The molecule has 1 aromatic carbocycles. The molecule has 2 rings (SSSR count). The van der Waals surface area contributed by atoms with E-state index in [1.807, 2.05) is 59.3 Å². The molecule has 0 bridgehead atoms. The molecule has 25 heavy (non-hydrogen) atoms. The van der Waals surface area contributed by atoms with Gasteiger partial charge in [0.2, 0.25) is 6.79 Å². The van der Waals surface area contributed by atoms with E-state index >= 15 is 0 Å². The van der Waals surface area contributed by atoms with Gasteiger partial charge in [0.15, 0.2) is 11.5 Å². The van der Waals surface area contributed by atoms with Gasteiger partial charge in [0, 0.05) is 26.2 Å². The Morgan fingerprint density at radius 1 is 1.28 bits per heavy atom. The lowest BCUT2D eigenvalue weighted by Crippen LogP contribution is -2.11. The number of benzene rings is 1. The number of nitrogens with one attached hydrogen (secondary N) is 2. The van der Waals surface area contributed by atoms with Gasteiger partial charge in [-0.05, 0) is 34.0 Å². The van der Waals surface area contributed by atoms with Crippen molar-refractivity contribution in [1.29, 1.82) is 5.41 Å². The SMILES string of the molecule is C/C=C\C.CN(C)Cc1cccc2c1OCO2.CN=CNC.N=CN. The summed E-state index contributed by atoms with van der Waals surface area (Å²) < 4.78 is 10.7. The molecule has 0 fully saturated rings. The first-order valence-corrected chi connectivity index (χ1v) is 7.90. The molecule has 7 nitrogen and oxygen atoms in total. The quantitative estimate of drug-likeness (QED) is 0.442. The average Bonchev–Trinajstić information content (AvgIpc) is 3.06. The van der Waals surface area contributed by atoms with Crippen LogP contribution in [0.25, 0.3) is 0 Å². The van der Waals surface area contributed by atoms with Crippen LogP contribution in [-0.2, 0) is 6.54 Å². The molecule has 4 N–H and O–H groups in total. The van der Waals surface area contributed by atoms with Gasteiger partial charge in [0.25, 0.3) is 0 Å². The minimum Gasteiger partial charge on any atom is -0.454 e. The Morgan fingerprint density at radius 3 is 2.28 bits per heavy atom. The highest BCUT2D eigenvalue weighted by atomic mass is 16.7. The van der Waals surface area contributed by atoms with Crippen molar-refractivity contribution in [3.8, 4) is 11.5 Å². The Kier molecular flexibility index (Phi) is 17.6. The third-order valence-electron chi connectivity index (χ3n) is 2.56. The lowest BCUT2D eigenvalue weighted by atomic mass is 10.2. The topological polar surface area (TPSA) is 96.0 Å². The lowest BCUT2D eigenvalue weighted by Gasteiger charge is -2.11. The highest BCUT2D eigenvalue weighted by Crippen LogP contribution is 2.35. The minimum atomic E-state index is 0.347. The molecule has 7 heteroatoms. The van der Waals surface area contributed by atoms with E-state index in [4.69, 9.17) is 14.9 Å². The number of para-hydroxylation sites is 1. The third kappa shape index (κ3) is 13.6. The molecule has 1 aliphatic heterocycles. The standard InChI is InChI=1S/C10H13NO2.C4H8.C3H8N2.CH4N2/c1-11(2)6-8-4-3-5-9-10(8)13-7-12-9;1-3-4-2;1-4-3-5-2;2-1-3/h3-5H,6-7H2,1-2H3;3-4H,1-2H3;3H,1-2H3,(H,4,5);1H,(H3,2,3)/b;4-3-;;. The molecule has 0 radical (unpaired) electrons. The largest absolute Gasteiger partial charge is 0.454 e. The first-order chi connectivity index (χ1) is 12.0. The molecular formula is C18H33N5O2. The number of nitrogens with zero attached hydrogens (tertiary/aromatic N) is 2. The summed E-state index contributed by atoms with van der Waals surface area (Å²) in [7, 11) is 7.61. The van der Waals surface area contributed by atoms with Crippen LogP contribution in [-0.4, -0.2) is 52.6 Å². The first kappa shape index (κ1) is 24.7. The van der Waals surface area contributed by atoms with Crippen LogP contribution in [0.3, 0.4) is 0 Å². The Hall–Kier alpha value is -2.54. The zero-order valence-corrected chi connectivity index (χ0v) is 16.2. The van der Waals surface area contributed by atoms with Gasteiger partial charge in [-0.1, -0.05) is 24.3 Å². The van der Waals surface area contributed by atoms with Gasteiger partial charge in [-0.2, -0.15) is 0 Å². The average molecular weight is 351 g/mol. The second-order valence-corrected chi connectivity index (χ2v) is 4.90. The number of rotatable bonds is 3. The predicted molar refractivity (Wildman–Crippen MR) is 107 cm³/mol. The molecule has 0 spiro atoms. The summed E-state index contributed by atoms with van der Waals surface area (Å²) in [5.74, 6) is 1.76. The maximum absolute atomic E-state index is 5.86. The third-order valence-corrected chi connectivity index (χ3v) is 2.56. The van der Waals surface area contributed by atoms with Crippen LogP contribution in [0, 0.1) is 5.41 Å². The van der Waals surface area contributed by atoms with Gasteiger partial charge >= 0.3 is 0 Å². The van der Waals surface area contributed by atoms with Crippen molar-refractivity contribution in [3.63, 3.8) is 0 Å². The molecule has 1 heterocycles. The zero-order valence-electron chi connectivity index (χ0n) is 16.2. The minimum absolute atomic E-state index is 0.347. The zero-order chi connectivity index (χ0) is 19.5. The highest BCUT2D eigenvalue weighted by Gasteiger charge is 2.16. The number of ether oxygens (including phenoxy) is 2. The molecule has 0 saturated heterocycles. The summed E-state index contributed by atoms with van der Waals surface area (Å²) >= 11 is 0. The van der Waals surface area contributed by atoms with Gasteiger partial charge in [0.1, 0.15) is 0 Å². The molecule has 0 aliphatic carbocycles. The van der Waals surface area contributed by atoms with E-state index in [9.17, 15) is 0 Å². The van der Waals surface area contributed by atoms with Crippen molar-refractivity contribution in [3.05, 3.63) is 35.9 Å². The maximum Gasteiger partial charge on any atom is 0.231 e. The van der Waals surface area contributed by atoms with E-state index < -0.39 is 0 Å². The van der Waals surface area contributed by atoms with Crippen molar-refractivity contribution in [2.24, 2.45) is 10.7 Å². The fourth-order valence-electron chi connectivity index (χ4n) is 1.58. The Balaban J connectivity index is 0. The van der Waals surface area contributed by atoms with Gasteiger partial charge in [-0.25, -0.2) is 0 Å². The van der Waals surface area contributed by atoms with E-state index in [-0.39, 0.29) is 0 Å². The number of aliphatic imine (C=N–C) groups is 1. The molecule has 1 aromatic rings. The normalized spacial score (nSPS) is 11.0. The molecule has 0 atom stereocenters. The van der Waals surface area contributed by atoms with Crippen molar-refractivity contribution in [2.45, 2.75) is 20.4 Å². The molecule has 0 saturated carbocycles. The second-order valence-electron chi connectivity index (χ2n) is 4.90. The lowest BCUT2D eigenvalue weighted by molar-refractivity contribution is 0.172. The van der Waals surface area contributed by atoms with Crippen molar-refractivity contribution in [2.75, 3.05) is 35.0 Å². The monoisotopic (exact) mass is 351 g/mol. The number of hydrogen-bond acceptors (Lipinski definition) is 5. The van der Waals surface area contributed by atoms with Crippen molar-refractivity contribution < 1.29 is 9.47 Å². The first-order valence-electron chi connectivity index (χ1n) is 7.90. The highest BCUT2D eigenvalue weighted by molar-refractivity contribution is 5.53. The molecule has 142 valence electrons. The van der Waals surface area contributed by atoms with Crippen LogP contribution in [0.2, 0.25) is 0 Å². The summed E-state index contributed by atoms with van der Waals surface area (Å²) in [5.41, 5.74) is 5.57. The van der Waals surface area contributed by atoms with E-state index in [0.717, 1.165) is 24.4 Å². The van der Waals surface area contributed by atoms with Gasteiger partial charge < -0.3 is 25.4 Å². The fraction of sp³-hybridized carbons (Fsp3) is 0.444. The number of fused-ring (bicyclic) bond motifs is 1. The summed E-state index contributed by atoms with van der Waals surface area (Å²) in [6.45, 7) is 5.23. The predicted octanol–water partition coefficient (Wildman–Crippen LogP) is 2.48. The van der Waals surface area contributed by atoms with Crippen LogP contribution in [0.5, 0.6) is 11.5 Å². The Bertz CT molecular complexity index is 498. The van der Waals surface area contributed by atoms with E-state index in [1.54, 1.807) is 13.4 Å². The number of nitrogens with two attached hydrogens (primary N) is 1. The molecule has 1 aliphatic rings. The molecular weight excluding hydrogens is 318 g/mol. The second kappa shape index (κ2) is 17.8. The van der Waals surface area contributed by atoms with Gasteiger partial charge in [-0.15, -0.1) is 0 Å². The van der Waals surface area contributed by atoms with Crippen LogP contribution in [0.15, 0.2) is 35.3 Å². The maximum atomic E-state index is 5.86. The van der Waals surface area contributed by atoms with Gasteiger partial charge in [-0.3, -0.25) is 10.4 Å². The van der Waals surface area contributed by atoms with E-state index in [1.165, 1.54) is 5.56 Å².